The maximum absolute atomic E-state index is 10.9. The van der Waals surface area contributed by atoms with Gasteiger partial charge in [-0.05, 0) is 30.4 Å². The third-order valence-electron chi connectivity index (χ3n) is 4.43. The van der Waals surface area contributed by atoms with Gasteiger partial charge in [0.05, 0.1) is 23.4 Å². The summed E-state index contributed by atoms with van der Waals surface area (Å²) in [6.07, 6.45) is 1.85. The second-order valence-electron chi connectivity index (χ2n) is 6.58. The molecule has 0 fully saturated rings. The number of hydrogen-bond donors (Lipinski definition) is 1. The molecule has 1 unspecified atom stereocenters. The fraction of sp³-hybridized carbons (Fsp3) is 0.222. The second-order valence-corrected chi connectivity index (χ2v) is 8.00. The maximum Gasteiger partial charge on any atom is 0.390 e. The molecule has 3 heterocycles. The lowest BCUT2D eigenvalue weighted by atomic mass is 10.2. The number of anilines is 2. The summed E-state index contributed by atoms with van der Waals surface area (Å²) in [5.41, 5.74) is 1.65. The summed E-state index contributed by atoms with van der Waals surface area (Å²) in [6, 6.07) is 10.6. The lowest BCUT2D eigenvalue weighted by molar-refractivity contribution is -0.389. The topological polar surface area (TPSA) is 117 Å². The van der Waals surface area contributed by atoms with Crippen LogP contribution < -0.4 is 5.32 Å². The Morgan fingerprint density at radius 3 is 2.80 bits per heavy atom. The van der Waals surface area contributed by atoms with Gasteiger partial charge in [0.2, 0.25) is 5.13 Å². The van der Waals surface area contributed by atoms with Gasteiger partial charge in [-0.25, -0.2) is 0 Å². The molecule has 1 N–H and O–H groups in total. The van der Waals surface area contributed by atoms with E-state index in [1.807, 2.05) is 43.5 Å². The van der Waals surface area contributed by atoms with Crippen LogP contribution in [0.3, 0.4) is 0 Å². The predicted molar refractivity (Wildman–Crippen MR) is 113 cm³/mol. The number of halogens is 1. The lowest BCUT2D eigenvalue weighted by Crippen LogP contribution is -2.10. The van der Waals surface area contributed by atoms with Gasteiger partial charge >= 0.3 is 5.82 Å². The Morgan fingerprint density at radius 2 is 2.07 bits per heavy atom. The minimum atomic E-state index is -0.512. The van der Waals surface area contributed by atoms with Crippen LogP contribution in [0.25, 0.3) is 0 Å². The number of rotatable bonds is 7. The van der Waals surface area contributed by atoms with Gasteiger partial charge in [-0.1, -0.05) is 41.1 Å². The van der Waals surface area contributed by atoms with Gasteiger partial charge in [0.25, 0.3) is 0 Å². The van der Waals surface area contributed by atoms with Gasteiger partial charge < -0.3 is 15.4 Å². The van der Waals surface area contributed by atoms with Crippen LogP contribution in [0.5, 0.6) is 0 Å². The lowest BCUT2D eigenvalue weighted by Gasteiger charge is -2.05. The van der Waals surface area contributed by atoms with E-state index in [2.05, 4.69) is 25.7 Å². The smallest absolute Gasteiger partial charge is 0.358 e. The van der Waals surface area contributed by atoms with Crippen molar-refractivity contribution >= 4 is 39.7 Å². The van der Waals surface area contributed by atoms with Crippen LogP contribution in [0.4, 0.5) is 16.8 Å². The van der Waals surface area contributed by atoms with Crippen LogP contribution in [-0.4, -0.2) is 34.7 Å². The first-order chi connectivity index (χ1) is 14.4. The zero-order chi connectivity index (χ0) is 21.3. The molecule has 154 valence electrons. The molecule has 0 saturated heterocycles. The second kappa shape index (κ2) is 8.20. The molecule has 0 aliphatic carbocycles. The number of nitrogens with zero attached hydrogens (tertiary/aromatic N) is 7. The van der Waals surface area contributed by atoms with Crippen molar-refractivity contribution in [2.24, 2.45) is 0 Å². The minimum absolute atomic E-state index is 0.189. The molecular weight excluding hydrogens is 428 g/mol. The van der Waals surface area contributed by atoms with Crippen LogP contribution in [0.2, 0.25) is 5.02 Å². The van der Waals surface area contributed by atoms with Gasteiger partial charge in [0, 0.05) is 17.3 Å². The fourth-order valence-electron chi connectivity index (χ4n) is 2.94. The van der Waals surface area contributed by atoms with Crippen molar-refractivity contribution in [1.29, 1.82) is 0 Å². The highest BCUT2D eigenvalue weighted by Gasteiger charge is 2.23. The molecule has 1 atom stereocenters. The van der Waals surface area contributed by atoms with E-state index in [1.165, 1.54) is 17.4 Å². The molecular formula is C18H17ClN8O2S. The SMILES string of the molecule is Cc1cc([N+](=O)[O-])nn1C(C)c1nnc(Nc2ccn(Cc3ccccc3Cl)n2)s1. The van der Waals surface area contributed by atoms with Crippen molar-refractivity contribution in [2.75, 3.05) is 5.32 Å². The highest BCUT2D eigenvalue weighted by atomic mass is 35.5. The Balaban J connectivity index is 1.46. The number of hydrogen-bond acceptors (Lipinski definition) is 8. The average Bonchev–Trinajstić information content (AvgIpc) is 3.44. The molecule has 0 saturated carbocycles. The maximum atomic E-state index is 10.9. The van der Waals surface area contributed by atoms with Crippen molar-refractivity contribution in [3.05, 3.63) is 74.0 Å². The highest BCUT2D eigenvalue weighted by Crippen LogP contribution is 2.28. The predicted octanol–water partition coefficient (Wildman–Crippen LogP) is 4.20. The first-order valence-corrected chi connectivity index (χ1v) is 10.2. The Morgan fingerprint density at radius 1 is 1.27 bits per heavy atom. The summed E-state index contributed by atoms with van der Waals surface area (Å²) in [4.78, 5) is 10.4. The molecule has 10 nitrogen and oxygen atoms in total. The van der Waals surface area contributed by atoms with Crippen LogP contribution in [0.1, 0.15) is 29.2 Å². The molecule has 0 radical (unpaired) electrons. The molecule has 4 aromatic rings. The van der Waals surface area contributed by atoms with Crippen LogP contribution in [0, 0.1) is 17.0 Å². The largest absolute Gasteiger partial charge is 0.390 e. The number of benzene rings is 1. The van der Waals surface area contributed by atoms with Gasteiger partial charge in [0.1, 0.15) is 11.0 Å². The highest BCUT2D eigenvalue weighted by molar-refractivity contribution is 7.15. The number of nitrogens with one attached hydrogen (secondary N) is 1. The summed E-state index contributed by atoms with van der Waals surface area (Å²) in [6.45, 7) is 4.19. The van der Waals surface area contributed by atoms with E-state index in [1.54, 1.807) is 16.3 Å². The molecule has 30 heavy (non-hydrogen) atoms. The molecule has 0 aliphatic rings. The molecule has 0 amide bonds. The van der Waals surface area contributed by atoms with E-state index in [-0.39, 0.29) is 11.9 Å². The van der Waals surface area contributed by atoms with Gasteiger partial charge in [-0.15, -0.1) is 10.2 Å². The van der Waals surface area contributed by atoms with E-state index in [0.29, 0.717) is 33.2 Å². The summed E-state index contributed by atoms with van der Waals surface area (Å²) in [7, 11) is 0. The van der Waals surface area contributed by atoms with E-state index in [4.69, 9.17) is 11.6 Å². The van der Waals surface area contributed by atoms with Crippen molar-refractivity contribution in [3.63, 3.8) is 0 Å². The molecule has 12 heteroatoms. The van der Waals surface area contributed by atoms with Gasteiger partial charge in [-0.3, -0.25) is 4.68 Å². The zero-order valence-corrected chi connectivity index (χ0v) is 17.6. The third kappa shape index (κ3) is 4.16. The van der Waals surface area contributed by atoms with Crippen molar-refractivity contribution in [2.45, 2.75) is 26.4 Å². The molecule has 0 bridgehead atoms. The van der Waals surface area contributed by atoms with E-state index in [9.17, 15) is 10.1 Å². The van der Waals surface area contributed by atoms with E-state index in [0.717, 1.165) is 5.56 Å². The Labute approximate surface area is 180 Å². The van der Waals surface area contributed by atoms with Crippen LogP contribution in [0.15, 0.2) is 42.6 Å². The molecule has 3 aromatic heterocycles. The minimum Gasteiger partial charge on any atom is -0.358 e. The van der Waals surface area contributed by atoms with E-state index < -0.39 is 4.92 Å². The first-order valence-electron chi connectivity index (χ1n) is 8.98. The Hall–Kier alpha value is -3.31. The van der Waals surface area contributed by atoms with Crippen LogP contribution >= 0.6 is 22.9 Å². The molecule has 1 aromatic carbocycles. The van der Waals surface area contributed by atoms with Gasteiger partial charge in [-0.2, -0.15) is 9.78 Å². The Kier molecular flexibility index (Phi) is 5.46. The summed E-state index contributed by atoms with van der Waals surface area (Å²) in [5, 5.41) is 32.9. The molecule has 4 rings (SSSR count). The quantitative estimate of drug-likeness (QED) is 0.335. The number of aromatic nitrogens is 6. The van der Waals surface area contributed by atoms with Crippen LogP contribution in [-0.2, 0) is 6.54 Å². The van der Waals surface area contributed by atoms with Crippen molar-refractivity contribution in [3.8, 4) is 0 Å². The van der Waals surface area contributed by atoms with Crippen molar-refractivity contribution < 1.29 is 4.92 Å². The monoisotopic (exact) mass is 444 g/mol. The van der Waals surface area contributed by atoms with E-state index >= 15 is 0 Å². The first kappa shape index (κ1) is 20.0. The standard InChI is InChI=1S/C18H17ClN8O2S/c1-11-9-16(27(28)29)24-26(11)12(2)17-21-22-18(30-17)20-15-7-8-25(23-15)10-13-5-3-4-6-14(13)19/h3-9,12H,10H2,1-2H3,(H,20,22,23). The zero-order valence-electron chi connectivity index (χ0n) is 16.1. The van der Waals surface area contributed by atoms with Gasteiger partial charge in [0.15, 0.2) is 5.82 Å². The molecule has 0 spiro atoms. The summed E-state index contributed by atoms with van der Waals surface area (Å²) >= 11 is 7.54. The fourth-order valence-corrected chi connectivity index (χ4v) is 3.92. The molecule has 0 aliphatic heterocycles. The number of nitro groups is 1. The third-order valence-corrected chi connectivity index (χ3v) is 5.81. The Bertz CT molecular complexity index is 1200. The normalized spacial score (nSPS) is 12.1. The number of aryl methyl sites for hydroxylation is 1. The summed E-state index contributed by atoms with van der Waals surface area (Å²) in [5.74, 6) is 0.439. The van der Waals surface area contributed by atoms with Crippen molar-refractivity contribution in [1.82, 2.24) is 29.8 Å². The summed E-state index contributed by atoms with van der Waals surface area (Å²) < 4.78 is 3.35. The average molecular weight is 445 g/mol.